The summed E-state index contributed by atoms with van der Waals surface area (Å²) in [5, 5.41) is 0. The molecule has 0 bridgehead atoms. The first-order chi connectivity index (χ1) is 13.9. The van der Waals surface area contributed by atoms with Crippen LogP contribution in [0.4, 0.5) is 10.1 Å². The van der Waals surface area contributed by atoms with Crippen LogP contribution in [0.3, 0.4) is 0 Å². The van der Waals surface area contributed by atoms with Gasteiger partial charge in [-0.25, -0.2) is 9.18 Å². The minimum absolute atomic E-state index is 0.112. The molecule has 2 heterocycles. The van der Waals surface area contributed by atoms with E-state index in [1.807, 2.05) is 18.7 Å². The molecule has 1 N–H and O–H groups in total. The summed E-state index contributed by atoms with van der Waals surface area (Å²) in [6, 6.07) is 6.45. The Kier molecular flexibility index (Phi) is 6.56. The van der Waals surface area contributed by atoms with Gasteiger partial charge in [0, 0.05) is 44.0 Å². The first-order valence-corrected chi connectivity index (χ1v) is 10.0. The highest BCUT2D eigenvalue weighted by atomic mass is 19.1. The quantitative estimate of drug-likeness (QED) is 0.755. The number of esters is 1. The number of benzene rings is 1. The van der Waals surface area contributed by atoms with Gasteiger partial charge in [0.2, 0.25) is 5.91 Å². The molecule has 1 aliphatic heterocycles. The second kappa shape index (κ2) is 9.11. The van der Waals surface area contributed by atoms with Crippen LogP contribution in [-0.4, -0.2) is 54.5 Å². The number of aryl methyl sites for hydroxylation is 1. The third kappa shape index (κ3) is 4.78. The first kappa shape index (κ1) is 20.9. The molecular formula is C22H28FN3O3. The van der Waals surface area contributed by atoms with Crippen molar-refractivity contribution in [3.63, 3.8) is 0 Å². The zero-order valence-electron chi connectivity index (χ0n) is 17.3. The topological polar surface area (TPSA) is 65.6 Å². The average Bonchev–Trinajstić information content (AvgIpc) is 3.01. The van der Waals surface area contributed by atoms with E-state index in [1.165, 1.54) is 12.1 Å². The molecule has 1 fully saturated rings. The van der Waals surface area contributed by atoms with E-state index in [4.69, 9.17) is 4.74 Å². The average molecular weight is 401 g/mol. The zero-order chi connectivity index (χ0) is 21.0. The highest BCUT2D eigenvalue weighted by Crippen LogP contribution is 2.22. The molecule has 0 radical (unpaired) electrons. The van der Waals surface area contributed by atoms with Gasteiger partial charge in [0.15, 0.2) is 0 Å². The van der Waals surface area contributed by atoms with Gasteiger partial charge in [0.1, 0.15) is 11.5 Å². The lowest BCUT2D eigenvalue weighted by Gasteiger charge is -2.36. The normalized spacial score (nSPS) is 14.2. The van der Waals surface area contributed by atoms with Gasteiger partial charge in [-0.15, -0.1) is 0 Å². The van der Waals surface area contributed by atoms with E-state index in [1.54, 1.807) is 19.1 Å². The summed E-state index contributed by atoms with van der Waals surface area (Å²) >= 11 is 0. The van der Waals surface area contributed by atoms with Crippen LogP contribution in [0.15, 0.2) is 24.3 Å². The first-order valence-electron chi connectivity index (χ1n) is 10.0. The summed E-state index contributed by atoms with van der Waals surface area (Å²) in [5.41, 5.74) is 4.21. The van der Waals surface area contributed by atoms with Crippen LogP contribution in [0.1, 0.15) is 40.7 Å². The Morgan fingerprint density at radius 3 is 2.38 bits per heavy atom. The van der Waals surface area contributed by atoms with Crippen LogP contribution in [-0.2, 0) is 16.0 Å². The van der Waals surface area contributed by atoms with Gasteiger partial charge in [0.25, 0.3) is 0 Å². The van der Waals surface area contributed by atoms with Crippen molar-refractivity contribution in [2.75, 3.05) is 37.7 Å². The third-order valence-electron chi connectivity index (χ3n) is 5.49. The van der Waals surface area contributed by atoms with Gasteiger partial charge >= 0.3 is 5.97 Å². The third-order valence-corrected chi connectivity index (χ3v) is 5.49. The molecule has 156 valence electrons. The Hall–Kier alpha value is -2.83. The zero-order valence-corrected chi connectivity index (χ0v) is 17.3. The molecule has 0 unspecified atom stereocenters. The van der Waals surface area contributed by atoms with Crippen LogP contribution < -0.4 is 4.90 Å². The Bertz CT molecular complexity index is 868. The molecule has 7 heteroatoms. The van der Waals surface area contributed by atoms with Crippen LogP contribution in [0, 0.1) is 19.7 Å². The van der Waals surface area contributed by atoms with Crippen molar-refractivity contribution in [1.29, 1.82) is 0 Å². The number of aromatic nitrogens is 1. The predicted octanol–water partition coefficient (Wildman–Crippen LogP) is 3.23. The Balaban J connectivity index is 1.54. The van der Waals surface area contributed by atoms with E-state index in [9.17, 15) is 14.0 Å². The molecule has 0 spiro atoms. The van der Waals surface area contributed by atoms with Crippen molar-refractivity contribution in [1.82, 2.24) is 9.88 Å². The molecule has 0 aliphatic carbocycles. The molecule has 0 atom stereocenters. The molecule has 2 aromatic rings. The van der Waals surface area contributed by atoms with E-state index in [2.05, 4.69) is 9.88 Å². The number of hydrogen-bond acceptors (Lipinski definition) is 4. The van der Waals surface area contributed by atoms with Crippen LogP contribution in [0.25, 0.3) is 0 Å². The molecule has 1 amide bonds. The number of piperazine rings is 1. The summed E-state index contributed by atoms with van der Waals surface area (Å²) in [6.45, 7) is 8.66. The molecule has 3 rings (SSSR count). The fourth-order valence-corrected chi connectivity index (χ4v) is 3.83. The van der Waals surface area contributed by atoms with Crippen molar-refractivity contribution >= 4 is 17.6 Å². The summed E-state index contributed by atoms with van der Waals surface area (Å²) < 4.78 is 18.2. The number of amides is 1. The minimum Gasteiger partial charge on any atom is -0.461 e. The van der Waals surface area contributed by atoms with E-state index >= 15 is 0 Å². The van der Waals surface area contributed by atoms with Gasteiger partial charge < -0.3 is 19.5 Å². The fraction of sp³-hybridized carbons (Fsp3) is 0.455. The molecule has 1 aromatic heterocycles. The number of anilines is 1. The summed E-state index contributed by atoms with van der Waals surface area (Å²) in [4.78, 5) is 31.8. The summed E-state index contributed by atoms with van der Waals surface area (Å²) in [5.74, 6) is -0.493. The number of rotatable bonds is 6. The highest BCUT2D eigenvalue weighted by Gasteiger charge is 2.23. The molecule has 1 aromatic carbocycles. The number of ether oxygens (including phenoxy) is 1. The molecule has 29 heavy (non-hydrogen) atoms. The number of carbonyl (C=O) groups excluding carboxylic acids is 2. The molecule has 0 saturated carbocycles. The Morgan fingerprint density at radius 1 is 1.10 bits per heavy atom. The molecule has 1 saturated heterocycles. The number of carbonyl (C=O) groups is 2. The van der Waals surface area contributed by atoms with Crippen LogP contribution >= 0.6 is 0 Å². The van der Waals surface area contributed by atoms with E-state index in [-0.39, 0.29) is 17.7 Å². The number of halogens is 1. The monoisotopic (exact) mass is 401 g/mol. The lowest BCUT2D eigenvalue weighted by Crippen LogP contribution is -2.48. The predicted molar refractivity (Wildman–Crippen MR) is 110 cm³/mol. The van der Waals surface area contributed by atoms with Crippen molar-refractivity contribution < 1.29 is 18.7 Å². The van der Waals surface area contributed by atoms with Gasteiger partial charge in [-0.05, 0) is 62.6 Å². The number of hydrogen-bond donors (Lipinski definition) is 1. The number of nitrogens with zero attached hydrogens (tertiary/aromatic N) is 2. The molecular weight excluding hydrogens is 373 g/mol. The van der Waals surface area contributed by atoms with Crippen molar-refractivity contribution in [3.8, 4) is 0 Å². The Labute approximate surface area is 170 Å². The maximum absolute atomic E-state index is 13.1. The largest absolute Gasteiger partial charge is 0.461 e. The number of nitrogens with one attached hydrogen (secondary N) is 1. The second-order valence-corrected chi connectivity index (χ2v) is 7.29. The number of H-pyrrole nitrogens is 1. The van der Waals surface area contributed by atoms with Crippen molar-refractivity contribution in [2.45, 2.75) is 33.6 Å². The minimum atomic E-state index is -0.359. The lowest BCUT2D eigenvalue weighted by atomic mass is 10.0. The summed E-state index contributed by atoms with van der Waals surface area (Å²) in [7, 11) is 0. The van der Waals surface area contributed by atoms with E-state index in [0.717, 1.165) is 35.6 Å². The Morgan fingerprint density at radius 2 is 1.76 bits per heavy atom. The fourth-order valence-electron chi connectivity index (χ4n) is 3.83. The maximum atomic E-state index is 13.1. The summed E-state index contributed by atoms with van der Waals surface area (Å²) in [6.07, 6.45) is 0.989. The van der Waals surface area contributed by atoms with Crippen LogP contribution in [0.5, 0.6) is 0 Å². The lowest BCUT2D eigenvalue weighted by molar-refractivity contribution is -0.131. The van der Waals surface area contributed by atoms with Gasteiger partial charge in [-0.3, -0.25) is 4.79 Å². The highest BCUT2D eigenvalue weighted by molar-refractivity contribution is 5.90. The van der Waals surface area contributed by atoms with Crippen molar-refractivity contribution in [2.24, 2.45) is 0 Å². The van der Waals surface area contributed by atoms with E-state index in [0.29, 0.717) is 38.2 Å². The second-order valence-electron chi connectivity index (χ2n) is 7.29. The van der Waals surface area contributed by atoms with Crippen molar-refractivity contribution in [3.05, 3.63) is 52.6 Å². The van der Waals surface area contributed by atoms with Gasteiger partial charge in [-0.1, -0.05) is 0 Å². The van der Waals surface area contributed by atoms with Gasteiger partial charge in [0.05, 0.1) is 6.61 Å². The number of aromatic amines is 1. The molecule has 1 aliphatic rings. The molecule has 6 nitrogen and oxygen atoms in total. The standard InChI is InChI=1S/C22H28FN3O3/c1-4-29-22(28)21-15(2)19(16(3)24-21)9-10-20(27)26-13-11-25(12-14-26)18-7-5-17(23)6-8-18/h5-8,24H,4,9-14H2,1-3H3. The SMILES string of the molecule is CCOC(=O)c1[nH]c(C)c(CCC(=O)N2CCN(c3ccc(F)cc3)CC2)c1C. The maximum Gasteiger partial charge on any atom is 0.355 e. The van der Waals surface area contributed by atoms with E-state index < -0.39 is 0 Å². The smallest absolute Gasteiger partial charge is 0.355 e. The van der Waals surface area contributed by atoms with Gasteiger partial charge in [-0.2, -0.15) is 0 Å². The van der Waals surface area contributed by atoms with Crippen LogP contribution in [0.2, 0.25) is 0 Å².